The van der Waals surface area contributed by atoms with E-state index in [0.29, 0.717) is 5.69 Å². The van der Waals surface area contributed by atoms with Crippen molar-refractivity contribution in [1.29, 1.82) is 0 Å². The number of aromatic nitrogens is 2. The number of pyridine rings is 1. The number of nitrogens with one attached hydrogen (secondary N) is 2. The Labute approximate surface area is 126 Å². The SMILES string of the molecule is COc1cn(C)c(C(=O)Nc2ccc3[nH]ccc3c2)cc1=O. The molecule has 0 bridgehead atoms. The van der Waals surface area contributed by atoms with E-state index in [1.165, 1.54) is 19.4 Å². The minimum atomic E-state index is -0.350. The van der Waals surface area contributed by atoms with E-state index >= 15 is 0 Å². The molecule has 1 aromatic carbocycles. The highest BCUT2D eigenvalue weighted by atomic mass is 16.5. The van der Waals surface area contributed by atoms with Crippen molar-refractivity contribution >= 4 is 22.5 Å². The number of hydrogen-bond donors (Lipinski definition) is 2. The van der Waals surface area contributed by atoms with Crippen LogP contribution in [-0.4, -0.2) is 22.6 Å². The van der Waals surface area contributed by atoms with Crippen molar-refractivity contribution in [1.82, 2.24) is 9.55 Å². The molecule has 2 N–H and O–H groups in total. The Balaban J connectivity index is 1.90. The summed E-state index contributed by atoms with van der Waals surface area (Å²) in [4.78, 5) is 27.2. The lowest BCUT2D eigenvalue weighted by Crippen LogP contribution is -2.21. The van der Waals surface area contributed by atoms with Crippen molar-refractivity contribution in [3.63, 3.8) is 0 Å². The lowest BCUT2D eigenvalue weighted by molar-refractivity contribution is 0.101. The maximum absolute atomic E-state index is 12.3. The van der Waals surface area contributed by atoms with Crippen LogP contribution in [0.4, 0.5) is 5.69 Å². The first-order valence-corrected chi connectivity index (χ1v) is 6.71. The maximum Gasteiger partial charge on any atom is 0.272 e. The highest BCUT2D eigenvalue weighted by molar-refractivity contribution is 6.04. The van der Waals surface area contributed by atoms with Gasteiger partial charge in [0.05, 0.1) is 13.3 Å². The molecule has 0 spiro atoms. The van der Waals surface area contributed by atoms with Crippen LogP contribution >= 0.6 is 0 Å². The van der Waals surface area contributed by atoms with Gasteiger partial charge in [0, 0.05) is 35.9 Å². The van der Waals surface area contributed by atoms with Crippen molar-refractivity contribution in [3.05, 3.63) is 58.6 Å². The van der Waals surface area contributed by atoms with E-state index in [-0.39, 0.29) is 22.8 Å². The topological polar surface area (TPSA) is 76.1 Å². The fourth-order valence-corrected chi connectivity index (χ4v) is 2.31. The molecular formula is C16H15N3O3. The summed E-state index contributed by atoms with van der Waals surface area (Å²) in [6, 6.07) is 8.75. The Kier molecular flexibility index (Phi) is 3.42. The molecule has 0 atom stereocenters. The predicted molar refractivity (Wildman–Crippen MR) is 84.5 cm³/mol. The van der Waals surface area contributed by atoms with Gasteiger partial charge in [0.25, 0.3) is 5.91 Å². The second-order valence-electron chi connectivity index (χ2n) is 4.94. The second kappa shape index (κ2) is 5.40. The van der Waals surface area contributed by atoms with E-state index < -0.39 is 0 Å². The highest BCUT2D eigenvalue weighted by Gasteiger charge is 2.12. The van der Waals surface area contributed by atoms with Crippen molar-refractivity contribution in [3.8, 4) is 5.75 Å². The molecule has 0 aliphatic carbocycles. The van der Waals surface area contributed by atoms with Crippen LogP contribution in [0.5, 0.6) is 5.75 Å². The van der Waals surface area contributed by atoms with Gasteiger partial charge in [-0.2, -0.15) is 0 Å². The average Bonchev–Trinajstić information content (AvgIpc) is 2.96. The van der Waals surface area contributed by atoms with Crippen LogP contribution in [0.1, 0.15) is 10.5 Å². The molecule has 6 nitrogen and oxygen atoms in total. The first-order chi connectivity index (χ1) is 10.6. The van der Waals surface area contributed by atoms with Crippen LogP contribution in [0.3, 0.4) is 0 Å². The van der Waals surface area contributed by atoms with E-state index in [2.05, 4.69) is 10.3 Å². The van der Waals surface area contributed by atoms with Gasteiger partial charge in [0.2, 0.25) is 5.43 Å². The number of amides is 1. The van der Waals surface area contributed by atoms with Gasteiger partial charge in [-0.05, 0) is 24.3 Å². The van der Waals surface area contributed by atoms with Crippen LogP contribution in [0.15, 0.2) is 47.5 Å². The number of benzene rings is 1. The number of ether oxygens (including phenoxy) is 1. The summed E-state index contributed by atoms with van der Waals surface area (Å²) >= 11 is 0. The minimum absolute atomic E-state index is 0.202. The Hall–Kier alpha value is -3.02. The van der Waals surface area contributed by atoms with Gasteiger partial charge >= 0.3 is 0 Å². The molecule has 2 heterocycles. The van der Waals surface area contributed by atoms with Gasteiger partial charge in [-0.25, -0.2) is 0 Å². The summed E-state index contributed by atoms with van der Waals surface area (Å²) in [5, 5.41) is 3.79. The Morgan fingerprint density at radius 2 is 2.09 bits per heavy atom. The zero-order valence-electron chi connectivity index (χ0n) is 12.2. The van der Waals surface area contributed by atoms with Crippen molar-refractivity contribution < 1.29 is 9.53 Å². The molecule has 0 unspecified atom stereocenters. The number of anilines is 1. The van der Waals surface area contributed by atoms with Crippen molar-refractivity contribution in [2.75, 3.05) is 12.4 Å². The molecule has 0 aliphatic heterocycles. The van der Waals surface area contributed by atoms with Gasteiger partial charge in [-0.1, -0.05) is 0 Å². The molecule has 3 aromatic rings. The number of H-pyrrole nitrogens is 1. The van der Waals surface area contributed by atoms with Crippen LogP contribution in [0, 0.1) is 0 Å². The third kappa shape index (κ3) is 2.46. The lowest BCUT2D eigenvalue weighted by Gasteiger charge is -2.10. The Bertz CT molecular complexity index is 908. The van der Waals surface area contributed by atoms with Crippen LogP contribution < -0.4 is 15.5 Å². The summed E-state index contributed by atoms with van der Waals surface area (Å²) in [5.41, 5.74) is 1.60. The summed E-state index contributed by atoms with van der Waals surface area (Å²) in [5.74, 6) is -0.148. The van der Waals surface area contributed by atoms with E-state index in [0.717, 1.165) is 10.9 Å². The second-order valence-corrected chi connectivity index (χ2v) is 4.94. The smallest absolute Gasteiger partial charge is 0.272 e. The molecule has 0 aliphatic rings. The zero-order chi connectivity index (χ0) is 15.7. The van der Waals surface area contributed by atoms with Crippen LogP contribution in [0.2, 0.25) is 0 Å². The molecule has 0 saturated carbocycles. The van der Waals surface area contributed by atoms with Crippen LogP contribution in [-0.2, 0) is 7.05 Å². The normalized spacial score (nSPS) is 10.6. The fourth-order valence-electron chi connectivity index (χ4n) is 2.31. The summed E-state index contributed by atoms with van der Waals surface area (Å²) in [7, 11) is 3.11. The van der Waals surface area contributed by atoms with E-state index in [1.807, 2.05) is 24.4 Å². The fraction of sp³-hybridized carbons (Fsp3) is 0.125. The molecule has 112 valence electrons. The van der Waals surface area contributed by atoms with E-state index in [1.54, 1.807) is 17.7 Å². The molecule has 0 fully saturated rings. The molecule has 1 amide bonds. The molecule has 3 rings (SSSR count). The largest absolute Gasteiger partial charge is 0.491 e. The van der Waals surface area contributed by atoms with E-state index in [4.69, 9.17) is 4.74 Å². The molecule has 2 aromatic heterocycles. The van der Waals surface area contributed by atoms with Gasteiger partial charge in [0.15, 0.2) is 5.75 Å². The Morgan fingerprint density at radius 1 is 1.27 bits per heavy atom. The van der Waals surface area contributed by atoms with Gasteiger partial charge in [0.1, 0.15) is 5.69 Å². The number of aromatic amines is 1. The summed E-state index contributed by atoms with van der Waals surface area (Å²) < 4.78 is 6.51. The maximum atomic E-state index is 12.3. The number of hydrogen-bond acceptors (Lipinski definition) is 3. The minimum Gasteiger partial charge on any atom is -0.491 e. The number of fused-ring (bicyclic) bond motifs is 1. The number of aryl methyl sites for hydroxylation is 1. The van der Waals surface area contributed by atoms with Gasteiger partial charge in [-0.3, -0.25) is 9.59 Å². The number of rotatable bonds is 3. The number of carbonyl (C=O) groups is 1. The first kappa shape index (κ1) is 13.9. The summed E-state index contributed by atoms with van der Waals surface area (Å²) in [6.07, 6.45) is 3.33. The molecular weight excluding hydrogens is 282 g/mol. The lowest BCUT2D eigenvalue weighted by atomic mass is 10.2. The third-order valence-electron chi connectivity index (χ3n) is 3.47. The van der Waals surface area contributed by atoms with Gasteiger partial charge in [-0.15, -0.1) is 0 Å². The number of methoxy groups -OCH3 is 1. The monoisotopic (exact) mass is 297 g/mol. The van der Waals surface area contributed by atoms with Gasteiger partial charge < -0.3 is 19.6 Å². The Morgan fingerprint density at radius 3 is 2.86 bits per heavy atom. The van der Waals surface area contributed by atoms with Crippen molar-refractivity contribution in [2.24, 2.45) is 7.05 Å². The predicted octanol–water partition coefficient (Wildman–Crippen LogP) is 2.13. The molecule has 0 radical (unpaired) electrons. The molecule has 0 saturated heterocycles. The zero-order valence-corrected chi connectivity index (χ0v) is 12.2. The number of carbonyl (C=O) groups excluding carboxylic acids is 1. The number of nitrogens with zero attached hydrogens (tertiary/aromatic N) is 1. The average molecular weight is 297 g/mol. The molecule has 22 heavy (non-hydrogen) atoms. The summed E-state index contributed by atoms with van der Waals surface area (Å²) in [6.45, 7) is 0. The first-order valence-electron chi connectivity index (χ1n) is 6.71. The van der Waals surface area contributed by atoms with E-state index in [9.17, 15) is 9.59 Å². The quantitative estimate of drug-likeness (QED) is 0.777. The standard InChI is InChI=1S/C16H15N3O3/c1-19-9-15(22-2)14(20)8-13(19)16(21)18-11-3-4-12-10(7-11)5-6-17-12/h3-9,17H,1-2H3,(H,18,21). The third-order valence-corrected chi connectivity index (χ3v) is 3.47. The molecule has 6 heteroatoms. The highest BCUT2D eigenvalue weighted by Crippen LogP contribution is 2.18. The van der Waals surface area contributed by atoms with Crippen LogP contribution in [0.25, 0.3) is 10.9 Å². The van der Waals surface area contributed by atoms with Crippen molar-refractivity contribution in [2.45, 2.75) is 0 Å².